The highest BCUT2D eigenvalue weighted by Gasteiger charge is 2.16. The fraction of sp³-hybridized carbons (Fsp3) is 0.364. The van der Waals surface area contributed by atoms with Crippen LogP contribution in [-0.4, -0.2) is 47.1 Å². The molecule has 1 fully saturated rings. The van der Waals surface area contributed by atoms with Crippen LogP contribution in [0.2, 0.25) is 5.02 Å². The molecule has 2 aromatic carbocycles. The molecule has 0 spiro atoms. The molecule has 0 aliphatic carbocycles. The molecule has 4 rings (SSSR count). The van der Waals surface area contributed by atoms with Gasteiger partial charge in [-0.05, 0) is 55.8 Å². The van der Waals surface area contributed by atoms with E-state index in [1.807, 2.05) is 30.5 Å². The number of hydrogen-bond donors (Lipinski definition) is 0. The number of hydrogen-bond acceptors (Lipinski definition) is 4. The van der Waals surface area contributed by atoms with E-state index in [1.165, 1.54) is 5.69 Å². The number of nitro groups is 1. The number of aromatic nitrogens is 1. The Hall–Kier alpha value is -2.57. The molecule has 29 heavy (non-hydrogen) atoms. The van der Waals surface area contributed by atoms with Crippen molar-refractivity contribution in [3.8, 4) is 0 Å². The van der Waals surface area contributed by atoms with Crippen molar-refractivity contribution < 1.29 is 4.92 Å². The van der Waals surface area contributed by atoms with E-state index in [0.29, 0.717) is 0 Å². The minimum Gasteiger partial charge on any atom is -0.369 e. The summed E-state index contributed by atoms with van der Waals surface area (Å²) in [6.07, 6.45) is 4.27. The van der Waals surface area contributed by atoms with Crippen molar-refractivity contribution in [2.75, 3.05) is 37.6 Å². The third kappa shape index (κ3) is 4.71. The molecule has 0 atom stereocenters. The Balaban J connectivity index is 1.22. The molecule has 0 amide bonds. The Kier molecular flexibility index (Phi) is 6.02. The molecule has 6 nitrogen and oxygen atoms in total. The topological polar surface area (TPSA) is 54.6 Å². The van der Waals surface area contributed by atoms with Crippen molar-refractivity contribution in [2.24, 2.45) is 0 Å². The summed E-state index contributed by atoms with van der Waals surface area (Å²) in [4.78, 5) is 15.5. The van der Waals surface area contributed by atoms with E-state index in [1.54, 1.807) is 12.1 Å². The van der Waals surface area contributed by atoms with Crippen LogP contribution < -0.4 is 4.90 Å². The van der Waals surface area contributed by atoms with Crippen LogP contribution in [0.1, 0.15) is 12.8 Å². The summed E-state index contributed by atoms with van der Waals surface area (Å²) in [6.45, 7) is 6.30. The van der Waals surface area contributed by atoms with Crippen LogP contribution in [0.4, 0.5) is 11.4 Å². The van der Waals surface area contributed by atoms with Gasteiger partial charge in [-0.15, -0.1) is 0 Å². The molecule has 1 aromatic heterocycles. The lowest BCUT2D eigenvalue weighted by atomic mass is 10.2. The second-order valence-electron chi connectivity index (χ2n) is 7.52. The van der Waals surface area contributed by atoms with Crippen molar-refractivity contribution in [3.05, 3.63) is 69.9 Å². The highest BCUT2D eigenvalue weighted by molar-refractivity contribution is 6.30. The Labute approximate surface area is 175 Å². The number of unbranched alkanes of at least 4 members (excludes halogenated alkanes) is 1. The first kappa shape index (κ1) is 19.7. The van der Waals surface area contributed by atoms with E-state index in [0.717, 1.165) is 68.0 Å². The zero-order chi connectivity index (χ0) is 20.2. The molecule has 0 radical (unpaired) electrons. The summed E-state index contributed by atoms with van der Waals surface area (Å²) in [7, 11) is 0. The molecular formula is C22H25ClN4O2. The molecule has 7 heteroatoms. The van der Waals surface area contributed by atoms with Crippen LogP contribution in [0, 0.1) is 10.1 Å². The second-order valence-corrected chi connectivity index (χ2v) is 7.96. The molecule has 1 aliphatic heterocycles. The van der Waals surface area contributed by atoms with Crippen LogP contribution in [0.15, 0.2) is 54.7 Å². The maximum atomic E-state index is 10.9. The van der Waals surface area contributed by atoms with Gasteiger partial charge in [0.05, 0.1) is 4.92 Å². The van der Waals surface area contributed by atoms with Gasteiger partial charge in [-0.25, -0.2) is 0 Å². The molecule has 0 bridgehead atoms. The van der Waals surface area contributed by atoms with Gasteiger partial charge in [0.1, 0.15) is 0 Å². The quantitative estimate of drug-likeness (QED) is 0.317. The molecule has 1 saturated heterocycles. The van der Waals surface area contributed by atoms with Crippen LogP contribution in [0.5, 0.6) is 0 Å². The number of nitrogens with zero attached hydrogens (tertiary/aromatic N) is 4. The minimum atomic E-state index is -0.344. The first-order chi connectivity index (χ1) is 14.1. The Morgan fingerprint density at radius 2 is 1.66 bits per heavy atom. The monoisotopic (exact) mass is 412 g/mol. The highest BCUT2D eigenvalue weighted by Crippen LogP contribution is 2.23. The van der Waals surface area contributed by atoms with Gasteiger partial charge in [0.25, 0.3) is 5.69 Å². The van der Waals surface area contributed by atoms with Crippen molar-refractivity contribution >= 4 is 33.9 Å². The fourth-order valence-corrected chi connectivity index (χ4v) is 4.12. The molecule has 1 aliphatic rings. The van der Waals surface area contributed by atoms with E-state index >= 15 is 0 Å². The SMILES string of the molecule is O=[N+]([O-])c1ccc2c(ccn2CCCCN2CCN(c3ccc(Cl)cc3)CC2)c1. The second kappa shape index (κ2) is 8.84. The van der Waals surface area contributed by atoms with E-state index < -0.39 is 0 Å². The lowest BCUT2D eigenvalue weighted by Gasteiger charge is -2.36. The number of aryl methyl sites for hydroxylation is 1. The maximum absolute atomic E-state index is 10.9. The van der Waals surface area contributed by atoms with Crippen LogP contribution in [0.3, 0.4) is 0 Å². The number of nitro benzene ring substituents is 1. The Bertz CT molecular complexity index is 978. The highest BCUT2D eigenvalue weighted by atomic mass is 35.5. The number of non-ortho nitro benzene ring substituents is 1. The zero-order valence-corrected chi connectivity index (χ0v) is 17.1. The van der Waals surface area contributed by atoms with E-state index in [2.05, 4.69) is 26.5 Å². The number of halogens is 1. The van der Waals surface area contributed by atoms with Crippen molar-refractivity contribution in [2.45, 2.75) is 19.4 Å². The van der Waals surface area contributed by atoms with Gasteiger partial charge in [-0.3, -0.25) is 15.0 Å². The lowest BCUT2D eigenvalue weighted by Crippen LogP contribution is -2.46. The number of fused-ring (bicyclic) bond motifs is 1. The summed E-state index contributed by atoms with van der Waals surface area (Å²) in [5, 5.41) is 12.6. The van der Waals surface area contributed by atoms with Crippen LogP contribution in [0.25, 0.3) is 10.9 Å². The van der Waals surface area contributed by atoms with Gasteiger partial charge in [0.2, 0.25) is 0 Å². The normalized spacial score (nSPS) is 15.1. The van der Waals surface area contributed by atoms with Crippen molar-refractivity contribution in [3.63, 3.8) is 0 Å². The van der Waals surface area contributed by atoms with Gasteiger partial charge in [0, 0.05) is 72.7 Å². The average Bonchev–Trinajstić information content (AvgIpc) is 3.14. The van der Waals surface area contributed by atoms with E-state index in [-0.39, 0.29) is 10.6 Å². The lowest BCUT2D eigenvalue weighted by molar-refractivity contribution is -0.384. The maximum Gasteiger partial charge on any atom is 0.270 e. The summed E-state index contributed by atoms with van der Waals surface area (Å²) in [6, 6.07) is 15.1. The third-order valence-corrected chi connectivity index (χ3v) is 5.90. The number of anilines is 1. The number of benzene rings is 2. The number of piperazine rings is 1. The third-order valence-electron chi connectivity index (χ3n) is 5.65. The summed E-state index contributed by atoms with van der Waals surface area (Å²) >= 11 is 5.98. The molecule has 0 unspecified atom stereocenters. The molecule has 152 valence electrons. The van der Waals surface area contributed by atoms with Gasteiger partial charge in [-0.2, -0.15) is 0 Å². The Morgan fingerprint density at radius 3 is 2.38 bits per heavy atom. The van der Waals surface area contributed by atoms with Gasteiger partial charge < -0.3 is 9.47 Å². The first-order valence-corrected chi connectivity index (χ1v) is 10.4. The van der Waals surface area contributed by atoms with Crippen LogP contribution >= 0.6 is 11.6 Å². The minimum absolute atomic E-state index is 0.146. The Morgan fingerprint density at radius 1 is 0.931 bits per heavy atom. The van der Waals surface area contributed by atoms with Gasteiger partial charge in [-0.1, -0.05) is 11.6 Å². The molecular weight excluding hydrogens is 388 g/mol. The van der Waals surface area contributed by atoms with E-state index in [4.69, 9.17) is 11.6 Å². The van der Waals surface area contributed by atoms with Gasteiger partial charge >= 0.3 is 0 Å². The van der Waals surface area contributed by atoms with E-state index in [9.17, 15) is 10.1 Å². The first-order valence-electron chi connectivity index (χ1n) is 10.1. The van der Waals surface area contributed by atoms with Crippen molar-refractivity contribution in [1.29, 1.82) is 0 Å². The summed E-state index contributed by atoms with van der Waals surface area (Å²) in [5.74, 6) is 0. The summed E-state index contributed by atoms with van der Waals surface area (Å²) < 4.78 is 2.19. The zero-order valence-electron chi connectivity index (χ0n) is 16.3. The summed E-state index contributed by atoms with van der Waals surface area (Å²) in [5.41, 5.74) is 2.45. The smallest absolute Gasteiger partial charge is 0.270 e. The van der Waals surface area contributed by atoms with Gasteiger partial charge in [0.15, 0.2) is 0 Å². The fourth-order valence-electron chi connectivity index (χ4n) is 4.00. The van der Waals surface area contributed by atoms with Crippen molar-refractivity contribution in [1.82, 2.24) is 9.47 Å². The molecule has 0 saturated carbocycles. The molecule has 3 aromatic rings. The standard InChI is InChI=1S/C22H25ClN4O2/c23-19-3-5-20(6-4-19)25-15-13-24(14-16-25)10-1-2-11-26-12-9-18-17-21(27(28)29)7-8-22(18)26/h3-9,12,17H,1-2,10-11,13-16H2. The predicted molar refractivity (Wildman–Crippen MR) is 118 cm³/mol. The molecule has 2 heterocycles. The number of rotatable bonds is 7. The predicted octanol–water partition coefficient (Wildman–Crippen LogP) is 4.81. The largest absolute Gasteiger partial charge is 0.369 e. The van der Waals surface area contributed by atoms with Crippen LogP contribution in [-0.2, 0) is 6.54 Å². The average molecular weight is 413 g/mol. The molecule has 0 N–H and O–H groups in total.